The van der Waals surface area contributed by atoms with E-state index in [1.54, 1.807) is 0 Å². The molecule has 1 aliphatic carbocycles. The van der Waals surface area contributed by atoms with Crippen molar-refractivity contribution < 1.29 is 14.3 Å². The maximum absolute atomic E-state index is 12.0. The second kappa shape index (κ2) is 6.97. The molecule has 2 unspecified atom stereocenters. The lowest BCUT2D eigenvalue weighted by Gasteiger charge is -2.36. The van der Waals surface area contributed by atoms with Crippen molar-refractivity contribution in [3.8, 4) is 0 Å². The number of esters is 1. The quantitative estimate of drug-likeness (QED) is 0.571. The Labute approximate surface area is 104 Å². The van der Waals surface area contributed by atoms with Crippen molar-refractivity contribution in [2.75, 3.05) is 19.8 Å². The van der Waals surface area contributed by atoms with Gasteiger partial charge >= 0.3 is 5.97 Å². The van der Waals surface area contributed by atoms with Crippen LogP contribution in [0.5, 0.6) is 0 Å². The monoisotopic (exact) mass is 243 g/mol. The van der Waals surface area contributed by atoms with Gasteiger partial charge in [0.15, 0.2) is 0 Å². The summed E-state index contributed by atoms with van der Waals surface area (Å²) in [6.45, 7) is 5.56. The van der Waals surface area contributed by atoms with Gasteiger partial charge in [0.05, 0.1) is 6.61 Å². The molecule has 1 fully saturated rings. The van der Waals surface area contributed by atoms with E-state index in [-0.39, 0.29) is 11.9 Å². The number of hydrogen-bond donors (Lipinski definition) is 1. The Hall–Kier alpha value is -0.610. The molecule has 0 spiro atoms. The molecule has 0 radical (unpaired) electrons. The number of hydrogen-bond acceptors (Lipinski definition) is 4. The molecule has 0 aromatic heterocycles. The molecule has 4 nitrogen and oxygen atoms in total. The summed E-state index contributed by atoms with van der Waals surface area (Å²) in [5.74, 6) is -0.0508. The Bertz CT molecular complexity index is 245. The number of ether oxygens (including phenoxy) is 2. The van der Waals surface area contributed by atoms with Gasteiger partial charge in [0.2, 0.25) is 0 Å². The third-order valence-electron chi connectivity index (χ3n) is 3.55. The van der Waals surface area contributed by atoms with E-state index in [1.165, 1.54) is 0 Å². The largest absolute Gasteiger partial charge is 0.462 e. The summed E-state index contributed by atoms with van der Waals surface area (Å²) in [5, 5.41) is 0. The van der Waals surface area contributed by atoms with E-state index in [9.17, 15) is 4.79 Å². The zero-order valence-electron chi connectivity index (χ0n) is 11.0. The Morgan fingerprint density at radius 2 is 2.12 bits per heavy atom. The minimum atomic E-state index is -0.775. The van der Waals surface area contributed by atoms with E-state index in [0.29, 0.717) is 19.8 Å². The van der Waals surface area contributed by atoms with Gasteiger partial charge in [0, 0.05) is 6.61 Å². The summed E-state index contributed by atoms with van der Waals surface area (Å²) in [6.07, 6.45) is 4.90. The molecule has 0 bridgehead atoms. The highest BCUT2D eigenvalue weighted by molar-refractivity contribution is 5.81. The molecule has 1 saturated carbocycles. The molecule has 2 atom stereocenters. The molecule has 0 saturated heterocycles. The number of carbonyl (C=O) groups excluding carboxylic acids is 1. The van der Waals surface area contributed by atoms with Crippen LogP contribution in [0.3, 0.4) is 0 Å². The van der Waals surface area contributed by atoms with Crippen LogP contribution in [0.2, 0.25) is 0 Å². The molecular formula is C13H25NO3. The topological polar surface area (TPSA) is 61.5 Å². The fourth-order valence-electron chi connectivity index (χ4n) is 2.25. The van der Waals surface area contributed by atoms with Crippen molar-refractivity contribution in [3.63, 3.8) is 0 Å². The van der Waals surface area contributed by atoms with Crippen LogP contribution in [0.4, 0.5) is 0 Å². The molecule has 0 aromatic rings. The summed E-state index contributed by atoms with van der Waals surface area (Å²) < 4.78 is 10.5. The lowest BCUT2D eigenvalue weighted by molar-refractivity contribution is -0.155. The highest BCUT2D eigenvalue weighted by Gasteiger charge is 2.42. The van der Waals surface area contributed by atoms with Crippen molar-refractivity contribution in [1.29, 1.82) is 0 Å². The lowest BCUT2D eigenvalue weighted by atomic mass is 9.74. The third kappa shape index (κ3) is 3.96. The van der Waals surface area contributed by atoms with Gasteiger partial charge in [-0.2, -0.15) is 0 Å². The van der Waals surface area contributed by atoms with Gasteiger partial charge in [-0.15, -0.1) is 0 Å². The fourth-order valence-corrected chi connectivity index (χ4v) is 2.25. The van der Waals surface area contributed by atoms with Crippen LogP contribution in [0.1, 0.15) is 46.0 Å². The molecule has 100 valence electrons. The van der Waals surface area contributed by atoms with Crippen LogP contribution in [0, 0.1) is 5.92 Å². The van der Waals surface area contributed by atoms with E-state index in [4.69, 9.17) is 15.2 Å². The van der Waals surface area contributed by atoms with Crippen LogP contribution in [0.25, 0.3) is 0 Å². The van der Waals surface area contributed by atoms with Crippen molar-refractivity contribution in [1.82, 2.24) is 0 Å². The van der Waals surface area contributed by atoms with Crippen molar-refractivity contribution >= 4 is 5.97 Å². The maximum atomic E-state index is 12.0. The molecule has 4 heteroatoms. The summed E-state index contributed by atoms with van der Waals surface area (Å²) >= 11 is 0. The number of rotatable bonds is 6. The normalized spacial score (nSPS) is 29.0. The van der Waals surface area contributed by atoms with Crippen LogP contribution in [-0.2, 0) is 14.3 Å². The Kier molecular flexibility index (Phi) is 5.92. The van der Waals surface area contributed by atoms with Gasteiger partial charge in [0.1, 0.15) is 12.1 Å². The van der Waals surface area contributed by atoms with Crippen LogP contribution in [0.15, 0.2) is 0 Å². The Morgan fingerprint density at radius 1 is 1.35 bits per heavy atom. The third-order valence-corrected chi connectivity index (χ3v) is 3.55. The first-order valence-electron chi connectivity index (χ1n) is 6.65. The SMILES string of the molecule is CCCOCCOC(=O)C1(N)CCCCC1C. The molecule has 1 aliphatic rings. The zero-order chi connectivity index (χ0) is 12.7. The van der Waals surface area contributed by atoms with Gasteiger partial charge in [-0.3, -0.25) is 4.79 Å². The second-order valence-electron chi connectivity index (χ2n) is 4.94. The predicted octanol–water partition coefficient (Wildman–Crippen LogP) is 1.86. The average Bonchev–Trinajstić information content (AvgIpc) is 2.32. The highest BCUT2D eigenvalue weighted by Crippen LogP contribution is 2.32. The molecule has 0 amide bonds. The van der Waals surface area contributed by atoms with E-state index in [0.717, 1.165) is 32.1 Å². The fraction of sp³-hybridized carbons (Fsp3) is 0.923. The van der Waals surface area contributed by atoms with Crippen molar-refractivity contribution in [2.24, 2.45) is 11.7 Å². The molecule has 0 heterocycles. The number of nitrogens with two attached hydrogens (primary N) is 1. The summed E-state index contributed by atoms with van der Waals surface area (Å²) in [4.78, 5) is 12.0. The van der Waals surface area contributed by atoms with E-state index in [2.05, 4.69) is 0 Å². The van der Waals surface area contributed by atoms with Crippen LogP contribution < -0.4 is 5.73 Å². The maximum Gasteiger partial charge on any atom is 0.326 e. The van der Waals surface area contributed by atoms with Gasteiger partial charge in [-0.05, 0) is 25.2 Å². The molecular weight excluding hydrogens is 218 g/mol. The van der Waals surface area contributed by atoms with Crippen molar-refractivity contribution in [2.45, 2.75) is 51.5 Å². The van der Waals surface area contributed by atoms with Gasteiger partial charge in [0.25, 0.3) is 0 Å². The predicted molar refractivity (Wildman–Crippen MR) is 66.6 cm³/mol. The van der Waals surface area contributed by atoms with Gasteiger partial charge < -0.3 is 15.2 Å². The van der Waals surface area contributed by atoms with E-state index in [1.807, 2.05) is 13.8 Å². The van der Waals surface area contributed by atoms with Crippen molar-refractivity contribution in [3.05, 3.63) is 0 Å². The number of carbonyl (C=O) groups is 1. The Balaban J connectivity index is 2.30. The van der Waals surface area contributed by atoms with Crippen LogP contribution >= 0.6 is 0 Å². The van der Waals surface area contributed by atoms with Crippen LogP contribution in [-0.4, -0.2) is 31.3 Å². The Morgan fingerprint density at radius 3 is 2.76 bits per heavy atom. The minimum absolute atomic E-state index is 0.209. The molecule has 2 N–H and O–H groups in total. The first-order valence-corrected chi connectivity index (χ1v) is 6.65. The minimum Gasteiger partial charge on any atom is -0.462 e. The van der Waals surface area contributed by atoms with E-state index < -0.39 is 5.54 Å². The average molecular weight is 243 g/mol. The summed E-state index contributed by atoms with van der Waals surface area (Å²) in [5.41, 5.74) is 5.40. The van der Waals surface area contributed by atoms with Gasteiger partial charge in [-0.1, -0.05) is 26.7 Å². The highest BCUT2D eigenvalue weighted by atomic mass is 16.6. The lowest BCUT2D eigenvalue weighted by Crippen LogP contribution is -2.55. The first-order chi connectivity index (χ1) is 8.11. The summed E-state index contributed by atoms with van der Waals surface area (Å²) in [6, 6.07) is 0. The zero-order valence-corrected chi connectivity index (χ0v) is 11.0. The molecule has 17 heavy (non-hydrogen) atoms. The molecule has 0 aromatic carbocycles. The first kappa shape index (κ1) is 14.5. The standard InChI is InChI=1S/C13H25NO3/c1-3-8-16-9-10-17-12(15)13(14)7-5-4-6-11(13)2/h11H,3-10,14H2,1-2H3. The van der Waals surface area contributed by atoms with E-state index >= 15 is 0 Å². The molecule has 1 rings (SSSR count). The molecule has 0 aliphatic heterocycles. The smallest absolute Gasteiger partial charge is 0.326 e. The summed E-state index contributed by atoms with van der Waals surface area (Å²) in [7, 11) is 0. The van der Waals surface area contributed by atoms with Gasteiger partial charge in [-0.25, -0.2) is 0 Å². The second-order valence-corrected chi connectivity index (χ2v) is 4.94.